The molecule has 0 aromatic carbocycles. The molecule has 0 amide bonds. The minimum atomic E-state index is -2.19. The fourth-order valence-electron chi connectivity index (χ4n) is 0. The van der Waals surface area contributed by atoms with E-state index in [-0.39, 0.29) is 59.1 Å². The molecule has 1 radical (unpaired) electrons. The number of carbonyl (C=O) groups excluding carboxylic acids is 2. The monoisotopic (exact) mass is 320 g/mol. The van der Waals surface area contributed by atoms with Crippen LogP contribution in [0.3, 0.4) is 0 Å². The van der Waals surface area contributed by atoms with Gasteiger partial charge in [-0.1, -0.05) is 0 Å². The molecule has 0 rings (SSSR count). The van der Waals surface area contributed by atoms with Gasteiger partial charge in [0.25, 0.3) is 0 Å². The molecule has 7 heteroatoms. The Morgan fingerprint density at radius 1 is 1.00 bits per heavy atom. The van der Waals surface area contributed by atoms with Gasteiger partial charge in [-0.2, -0.15) is 0 Å². The third kappa shape index (κ3) is 17.7. The molecular weight excluding hydrogens is 320 g/mol. The van der Waals surface area contributed by atoms with Crippen molar-refractivity contribution in [2.45, 2.75) is 0 Å². The van der Waals surface area contributed by atoms with Crippen LogP contribution in [-0.4, -0.2) is 37.8 Å². The van der Waals surface area contributed by atoms with Crippen molar-refractivity contribution >= 4 is 37.8 Å². The molecule has 0 saturated carbocycles. The molecule has 0 atom stereocenters. The maximum atomic E-state index is 8.93. The molecule has 0 saturated heterocycles. The summed E-state index contributed by atoms with van der Waals surface area (Å²) in [4.78, 5) is 17.9. The van der Waals surface area contributed by atoms with Gasteiger partial charge in [0.15, 0.2) is 0 Å². The van der Waals surface area contributed by atoms with E-state index < -0.39 is 11.9 Å². The molecule has 4 nitrogen and oxygen atoms in total. The van der Waals surface area contributed by atoms with E-state index in [0.717, 1.165) is 0 Å². The van der Waals surface area contributed by atoms with Crippen LogP contribution >= 0.6 is 0 Å². The molecule has 49 valence electrons. The molecule has 0 bridgehead atoms. The van der Waals surface area contributed by atoms with Gasteiger partial charge in [0.05, 0.1) is 11.9 Å². The van der Waals surface area contributed by atoms with Gasteiger partial charge in [0.2, 0.25) is 0 Å². The first-order chi connectivity index (χ1) is 2.64. The quantitative estimate of drug-likeness (QED) is 0.338. The van der Waals surface area contributed by atoms with Crippen molar-refractivity contribution in [3.8, 4) is 0 Å². The molecule has 0 unspecified atom stereocenters. The predicted molar refractivity (Wildman–Crippen MR) is 15.8 cm³/mol. The third-order valence-corrected chi connectivity index (χ3v) is 0.167. The summed E-state index contributed by atoms with van der Waals surface area (Å²) < 4.78 is 0. The largest absolute Gasteiger partial charge is 3.00 e. The second kappa shape index (κ2) is 11.6. The third-order valence-electron chi connectivity index (χ3n) is 0.167. The normalized spacial score (nSPS) is 4.89. The SMILES string of the molecule is O=C([O-])C(=O)[O-].[Co+2].[In+3].[Ni+2]. The Hall–Kier alpha value is 0.810. The van der Waals surface area contributed by atoms with E-state index in [9.17, 15) is 0 Å². The second-order valence-electron chi connectivity index (χ2n) is 0.575. The van der Waals surface area contributed by atoms with Crippen molar-refractivity contribution in [1.29, 1.82) is 0 Å². The molecule has 0 aliphatic heterocycles. The molecular formula is C2CoInNiO4+5. The molecule has 0 heterocycles. The van der Waals surface area contributed by atoms with Crippen LogP contribution in [0.15, 0.2) is 0 Å². The fraction of sp³-hybridized carbons (Fsp3) is 0. The van der Waals surface area contributed by atoms with E-state index in [1.54, 1.807) is 0 Å². The van der Waals surface area contributed by atoms with Crippen molar-refractivity contribution in [2.75, 3.05) is 0 Å². The first-order valence-corrected chi connectivity index (χ1v) is 1.07. The van der Waals surface area contributed by atoms with Gasteiger partial charge in [0.1, 0.15) is 0 Å². The number of rotatable bonds is 0. The van der Waals surface area contributed by atoms with Crippen molar-refractivity contribution < 1.29 is 53.1 Å². The van der Waals surface area contributed by atoms with Crippen LogP contribution in [0.1, 0.15) is 0 Å². The Kier molecular flexibility index (Phi) is 29.0. The Morgan fingerprint density at radius 3 is 1.11 bits per heavy atom. The van der Waals surface area contributed by atoms with Crippen LogP contribution in [0.4, 0.5) is 0 Å². The van der Waals surface area contributed by atoms with Gasteiger partial charge in [-0.05, 0) is 0 Å². The second-order valence-corrected chi connectivity index (χ2v) is 0.575. The zero-order valence-corrected chi connectivity index (χ0v) is 9.18. The van der Waals surface area contributed by atoms with Gasteiger partial charge in [-0.15, -0.1) is 0 Å². The van der Waals surface area contributed by atoms with Crippen molar-refractivity contribution in [2.24, 2.45) is 0 Å². The minimum absolute atomic E-state index is 0. The molecule has 0 aliphatic rings. The standard InChI is InChI=1S/C2H2O4.Co.In.Ni/c3-1(4)2(5)6;;;/h(H,3,4)(H,5,6);;;/q;+2;+3;+2/p-2. The van der Waals surface area contributed by atoms with Gasteiger partial charge in [0, 0.05) is 0 Å². The van der Waals surface area contributed by atoms with Crippen LogP contribution in [0.25, 0.3) is 0 Å². The van der Waals surface area contributed by atoms with Crippen LogP contribution in [0.2, 0.25) is 0 Å². The number of aliphatic carboxylic acids is 2. The van der Waals surface area contributed by atoms with Crippen LogP contribution in [0.5, 0.6) is 0 Å². The van der Waals surface area contributed by atoms with E-state index in [1.807, 2.05) is 0 Å². The first-order valence-electron chi connectivity index (χ1n) is 1.07. The summed E-state index contributed by atoms with van der Waals surface area (Å²) in [5.74, 6) is -4.37. The van der Waals surface area contributed by atoms with E-state index in [4.69, 9.17) is 19.8 Å². The van der Waals surface area contributed by atoms with Crippen molar-refractivity contribution in [3.05, 3.63) is 0 Å². The summed E-state index contributed by atoms with van der Waals surface area (Å²) in [5.41, 5.74) is 0. The zero-order valence-electron chi connectivity index (χ0n) is 3.86. The van der Waals surface area contributed by atoms with Crippen molar-refractivity contribution in [1.82, 2.24) is 0 Å². The van der Waals surface area contributed by atoms with Crippen LogP contribution < -0.4 is 10.2 Å². The summed E-state index contributed by atoms with van der Waals surface area (Å²) >= 11 is 0. The van der Waals surface area contributed by atoms with Crippen LogP contribution in [-0.2, 0) is 42.9 Å². The van der Waals surface area contributed by atoms with E-state index in [2.05, 4.69) is 0 Å². The number of carboxylic acids is 2. The maximum Gasteiger partial charge on any atom is 3.00 e. The van der Waals surface area contributed by atoms with Gasteiger partial charge >= 0.3 is 59.1 Å². The summed E-state index contributed by atoms with van der Waals surface area (Å²) in [5, 5.41) is 17.9. The van der Waals surface area contributed by atoms with E-state index in [1.165, 1.54) is 0 Å². The number of hydrogen-bond acceptors (Lipinski definition) is 4. The topological polar surface area (TPSA) is 80.3 Å². The summed E-state index contributed by atoms with van der Waals surface area (Å²) in [6.45, 7) is 0. The Morgan fingerprint density at radius 2 is 1.11 bits per heavy atom. The number of hydrogen-bond donors (Lipinski definition) is 0. The zero-order chi connectivity index (χ0) is 5.15. The Bertz CT molecular complexity index is 84.6. The molecule has 0 spiro atoms. The van der Waals surface area contributed by atoms with E-state index >= 15 is 0 Å². The number of carbonyl (C=O) groups is 2. The molecule has 9 heavy (non-hydrogen) atoms. The van der Waals surface area contributed by atoms with Crippen LogP contribution in [0, 0.1) is 0 Å². The number of carboxylic acid groups (broad SMARTS) is 2. The van der Waals surface area contributed by atoms with Gasteiger partial charge in [-0.25, -0.2) is 0 Å². The van der Waals surface area contributed by atoms with Gasteiger partial charge in [-0.3, -0.25) is 0 Å². The molecule has 0 aromatic heterocycles. The van der Waals surface area contributed by atoms with Crippen molar-refractivity contribution in [3.63, 3.8) is 0 Å². The van der Waals surface area contributed by atoms with E-state index in [0.29, 0.717) is 0 Å². The predicted octanol–water partition coefficient (Wildman–Crippen LogP) is -3.90. The summed E-state index contributed by atoms with van der Waals surface area (Å²) in [7, 11) is 0. The summed E-state index contributed by atoms with van der Waals surface area (Å²) in [6.07, 6.45) is 0. The minimum Gasteiger partial charge on any atom is -0.543 e. The molecule has 0 aliphatic carbocycles. The Balaban J connectivity index is -0.0000000417. The maximum absolute atomic E-state index is 8.93. The average molecular weight is 320 g/mol. The van der Waals surface area contributed by atoms with Gasteiger partial charge < -0.3 is 19.8 Å². The smallest absolute Gasteiger partial charge is 0.543 e. The fourth-order valence-corrected chi connectivity index (χ4v) is 0. The molecule has 0 N–H and O–H groups in total. The Labute approximate surface area is 90.3 Å². The molecule has 0 aromatic rings. The first kappa shape index (κ1) is 22.6. The average Bonchev–Trinajstić information content (AvgIpc) is 1.36. The molecule has 0 fully saturated rings. The summed E-state index contributed by atoms with van der Waals surface area (Å²) in [6, 6.07) is 0.